The van der Waals surface area contributed by atoms with Crippen LogP contribution in [0.1, 0.15) is 48.2 Å². The third-order valence-corrected chi connectivity index (χ3v) is 7.18. The summed E-state index contributed by atoms with van der Waals surface area (Å²) in [5, 5.41) is 12.2. The number of carbonyl (C=O) groups is 2. The first kappa shape index (κ1) is 22.1. The number of carbonyl (C=O) groups excluding carboxylic acids is 2. The Hall–Kier alpha value is -2.12. The van der Waals surface area contributed by atoms with Gasteiger partial charge >= 0.3 is 0 Å². The van der Waals surface area contributed by atoms with Crippen LogP contribution in [0.4, 0.5) is 5.69 Å². The Morgan fingerprint density at radius 1 is 1.19 bits per heavy atom. The molecule has 0 aromatic heterocycles. The Morgan fingerprint density at radius 3 is 2.42 bits per heavy atom. The third kappa shape index (κ3) is 3.33. The summed E-state index contributed by atoms with van der Waals surface area (Å²) in [5.41, 5.74) is 4.55. The van der Waals surface area contributed by atoms with Gasteiger partial charge in [-0.1, -0.05) is 55.2 Å². The molecule has 1 heterocycles. The summed E-state index contributed by atoms with van der Waals surface area (Å²) in [5.74, 6) is -1.16. The van der Waals surface area contributed by atoms with Crippen molar-refractivity contribution in [2.75, 3.05) is 18.0 Å². The van der Waals surface area contributed by atoms with Gasteiger partial charge < -0.3 is 20.6 Å². The maximum Gasteiger partial charge on any atom is 0.268 e. The minimum Gasteiger partial charge on any atom is -0.372 e. The van der Waals surface area contributed by atoms with Crippen molar-refractivity contribution in [1.29, 1.82) is 0 Å². The minimum atomic E-state index is -2.04. The fraction of sp³-hybridized carbons (Fsp3) is 0.391. The van der Waals surface area contributed by atoms with Gasteiger partial charge in [-0.2, -0.15) is 0 Å². The molecule has 2 amide bonds. The van der Waals surface area contributed by atoms with Crippen molar-refractivity contribution in [3.05, 3.63) is 63.1 Å². The van der Waals surface area contributed by atoms with Crippen molar-refractivity contribution in [2.45, 2.75) is 44.4 Å². The Labute approximate surface area is 191 Å². The maximum absolute atomic E-state index is 13.7. The zero-order chi connectivity index (χ0) is 22.5. The summed E-state index contributed by atoms with van der Waals surface area (Å²) in [6.07, 6.45) is 1.54. The highest BCUT2D eigenvalue weighted by Crippen LogP contribution is 2.52. The number of aliphatic hydroxyl groups is 1. The second kappa shape index (κ2) is 8.10. The highest BCUT2D eigenvalue weighted by Gasteiger charge is 2.56. The van der Waals surface area contributed by atoms with Crippen LogP contribution < -0.4 is 10.6 Å². The molecule has 6 nitrogen and oxygen atoms in total. The number of halogens is 2. The van der Waals surface area contributed by atoms with Gasteiger partial charge in [-0.15, -0.1) is 0 Å². The monoisotopic (exact) mass is 461 g/mol. The standard InChI is InChI=1S/C23H25Cl2N3O3/c1-3-27(4-2)14-11-15(12-14)28-19-10-13(21(26)29)9-18(25)20(19)23(31,22(28)30)16-7-5-6-8-17(16)24/h5-10,14-15,31H,3-4,11-12H2,1-2H3,(H2,26,29). The number of rotatable bonds is 6. The average Bonchev–Trinajstić information content (AvgIpc) is 2.93. The molecule has 1 atom stereocenters. The zero-order valence-corrected chi connectivity index (χ0v) is 19.0. The minimum absolute atomic E-state index is 0.101. The molecule has 0 saturated heterocycles. The van der Waals surface area contributed by atoms with E-state index in [9.17, 15) is 14.7 Å². The number of benzene rings is 2. The van der Waals surface area contributed by atoms with E-state index in [1.54, 1.807) is 35.2 Å². The van der Waals surface area contributed by atoms with Gasteiger partial charge in [0.15, 0.2) is 5.60 Å². The Bertz CT molecular complexity index is 1050. The predicted octanol–water partition coefficient (Wildman–Crippen LogP) is 3.55. The van der Waals surface area contributed by atoms with Crippen molar-refractivity contribution in [1.82, 2.24) is 4.90 Å². The molecule has 0 spiro atoms. The van der Waals surface area contributed by atoms with Crippen molar-refractivity contribution in [2.24, 2.45) is 5.73 Å². The van der Waals surface area contributed by atoms with Gasteiger partial charge in [0, 0.05) is 33.8 Å². The fourth-order valence-electron chi connectivity index (χ4n) is 4.85. The normalized spacial score (nSPS) is 25.0. The summed E-state index contributed by atoms with van der Waals surface area (Å²) in [6.45, 7) is 6.09. The molecule has 1 unspecified atom stereocenters. The molecule has 8 heteroatoms. The summed E-state index contributed by atoms with van der Waals surface area (Å²) in [4.78, 5) is 29.6. The zero-order valence-electron chi connectivity index (χ0n) is 17.4. The highest BCUT2D eigenvalue weighted by atomic mass is 35.5. The van der Waals surface area contributed by atoms with E-state index in [2.05, 4.69) is 18.7 Å². The Kier molecular flexibility index (Phi) is 5.77. The number of hydrogen-bond acceptors (Lipinski definition) is 4. The number of anilines is 1. The molecule has 31 heavy (non-hydrogen) atoms. The molecule has 1 aliphatic carbocycles. The Balaban J connectivity index is 1.83. The smallest absolute Gasteiger partial charge is 0.268 e. The first-order valence-corrected chi connectivity index (χ1v) is 11.2. The molecule has 164 valence electrons. The first-order valence-electron chi connectivity index (χ1n) is 10.4. The molecule has 0 bridgehead atoms. The maximum atomic E-state index is 13.7. The molecular formula is C23H25Cl2N3O3. The molecule has 2 aromatic rings. The van der Waals surface area contributed by atoms with Crippen molar-refractivity contribution < 1.29 is 14.7 Å². The lowest BCUT2D eigenvalue weighted by atomic mass is 9.83. The number of nitrogens with two attached hydrogens (primary N) is 1. The van der Waals surface area contributed by atoms with Crippen LogP contribution in [0.5, 0.6) is 0 Å². The third-order valence-electron chi connectivity index (χ3n) is 6.55. The summed E-state index contributed by atoms with van der Waals surface area (Å²) < 4.78 is 0. The quantitative estimate of drug-likeness (QED) is 0.688. The topological polar surface area (TPSA) is 86.9 Å². The van der Waals surface area contributed by atoms with Crippen LogP contribution in [0.2, 0.25) is 10.0 Å². The van der Waals surface area contributed by atoms with E-state index >= 15 is 0 Å². The van der Waals surface area contributed by atoms with Crippen LogP contribution in [0.15, 0.2) is 36.4 Å². The molecule has 0 radical (unpaired) electrons. The lowest BCUT2D eigenvalue weighted by Crippen LogP contribution is -2.56. The van der Waals surface area contributed by atoms with E-state index in [4.69, 9.17) is 28.9 Å². The van der Waals surface area contributed by atoms with E-state index in [1.165, 1.54) is 6.07 Å². The van der Waals surface area contributed by atoms with E-state index in [0.29, 0.717) is 11.7 Å². The number of amides is 2. The number of hydrogen-bond donors (Lipinski definition) is 2. The van der Waals surface area contributed by atoms with Gasteiger partial charge in [0.25, 0.3) is 5.91 Å². The van der Waals surface area contributed by atoms with Crippen LogP contribution >= 0.6 is 23.2 Å². The van der Waals surface area contributed by atoms with Gasteiger partial charge in [0.2, 0.25) is 5.91 Å². The second-order valence-electron chi connectivity index (χ2n) is 8.08. The van der Waals surface area contributed by atoms with Crippen molar-refractivity contribution in [3.63, 3.8) is 0 Å². The lowest BCUT2D eigenvalue weighted by molar-refractivity contribution is -0.133. The van der Waals surface area contributed by atoms with Gasteiger partial charge in [-0.25, -0.2) is 0 Å². The van der Waals surface area contributed by atoms with Crippen molar-refractivity contribution in [3.8, 4) is 0 Å². The summed E-state index contributed by atoms with van der Waals surface area (Å²) in [6, 6.07) is 9.85. The van der Waals surface area contributed by atoms with Gasteiger partial charge in [-0.3, -0.25) is 9.59 Å². The molecular weight excluding hydrogens is 437 g/mol. The van der Waals surface area contributed by atoms with Crippen LogP contribution in [-0.4, -0.2) is 47.0 Å². The van der Waals surface area contributed by atoms with Gasteiger partial charge in [0.05, 0.1) is 10.7 Å². The van der Waals surface area contributed by atoms with Gasteiger partial charge in [-0.05, 0) is 44.1 Å². The van der Waals surface area contributed by atoms with Crippen LogP contribution in [-0.2, 0) is 10.4 Å². The molecule has 1 aliphatic heterocycles. The van der Waals surface area contributed by atoms with E-state index in [0.717, 1.165) is 25.9 Å². The molecule has 1 saturated carbocycles. The molecule has 2 aromatic carbocycles. The number of nitrogens with zero attached hydrogens (tertiary/aromatic N) is 2. The van der Waals surface area contributed by atoms with Crippen LogP contribution in [0, 0.1) is 0 Å². The second-order valence-corrected chi connectivity index (χ2v) is 8.90. The molecule has 1 fully saturated rings. The highest BCUT2D eigenvalue weighted by molar-refractivity contribution is 6.35. The average molecular weight is 462 g/mol. The number of primary amides is 1. The van der Waals surface area contributed by atoms with Crippen LogP contribution in [0.25, 0.3) is 0 Å². The molecule has 2 aliphatic rings. The van der Waals surface area contributed by atoms with Crippen LogP contribution in [0.3, 0.4) is 0 Å². The molecule has 3 N–H and O–H groups in total. The fourth-order valence-corrected chi connectivity index (χ4v) is 5.47. The van der Waals surface area contributed by atoms with Gasteiger partial charge in [0.1, 0.15) is 0 Å². The largest absolute Gasteiger partial charge is 0.372 e. The van der Waals surface area contributed by atoms with E-state index in [1.807, 2.05) is 0 Å². The van der Waals surface area contributed by atoms with E-state index < -0.39 is 17.4 Å². The number of fused-ring (bicyclic) bond motifs is 1. The van der Waals surface area contributed by atoms with E-state index in [-0.39, 0.29) is 32.8 Å². The Morgan fingerprint density at radius 2 is 1.84 bits per heavy atom. The predicted molar refractivity (Wildman–Crippen MR) is 122 cm³/mol. The lowest BCUT2D eigenvalue weighted by Gasteiger charge is -2.46. The molecule has 4 rings (SSSR count). The summed E-state index contributed by atoms with van der Waals surface area (Å²) in [7, 11) is 0. The van der Waals surface area contributed by atoms with Crippen molar-refractivity contribution >= 4 is 40.7 Å². The first-order chi connectivity index (χ1) is 14.7. The summed E-state index contributed by atoms with van der Waals surface area (Å²) >= 11 is 12.9. The SMILES string of the molecule is CCN(CC)C1CC(N2C(=O)C(O)(c3ccccc3Cl)c3c(Cl)cc(C(N)=O)cc32)C1.